The van der Waals surface area contributed by atoms with Crippen LogP contribution in [0.5, 0.6) is 0 Å². The van der Waals surface area contributed by atoms with E-state index >= 15 is 0 Å². The van der Waals surface area contributed by atoms with Gasteiger partial charge in [0.15, 0.2) is 5.96 Å². The Morgan fingerprint density at radius 3 is 2.73 bits per heavy atom. The van der Waals surface area contributed by atoms with Gasteiger partial charge in [-0.1, -0.05) is 0 Å². The summed E-state index contributed by atoms with van der Waals surface area (Å²) in [7, 11) is 4.12. The van der Waals surface area contributed by atoms with Gasteiger partial charge in [0.05, 0.1) is 5.00 Å². The van der Waals surface area contributed by atoms with Crippen LogP contribution in [0, 0.1) is 0 Å². The smallest absolute Gasteiger partial charge is 0.193 e. The molecule has 3 rings (SSSR count). The van der Waals surface area contributed by atoms with Crippen LogP contribution in [0.1, 0.15) is 12.8 Å². The molecule has 6 heteroatoms. The zero-order valence-corrected chi connectivity index (χ0v) is 14.5. The molecule has 0 aromatic carbocycles. The number of nitrogens with zero attached hydrogens (tertiary/aromatic N) is 4. The number of piperazine rings is 1. The summed E-state index contributed by atoms with van der Waals surface area (Å²) in [5, 5.41) is 7.12. The summed E-state index contributed by atoms with van der Waals surface area (Å²) in [6.07, 6.45) is 2.62. The molecule has 22 heavy (non-hydrogen) atoms. The summed E-state index contributed by atoms with van der Waals surface area (Å²) in [6, 6.07) is 5.00. The van der Waals surface area contributed by atoms with Crippen LogP contribution >= 0.6 is 11.3 Å². The second-order valence-electron chi connectivity index (χ2n) is 6.13. The van der Waals surface area contributed by atoms with Crippen molar-refractivity contribution in [1.29, 1.82) is 0 Å². The summed E-state index contributed by atoms with van der Waals surface area (Å²) in [5.41, 5.74) is 0. The number of thiophene rings is 1. The van der Waals surface area contributed by atoms with Crippen LogP contribution in [0.3, 0.4) is 0 Å². The number of rotatable bonds is 3. The van der Waals surface area contributed by atoms with Gasteiger partial charge in [-0.2, -0.15) is 0 Å². The molecule has 0 amide bonds. The fourth-order valence-corrected chi connectivity index (χ4v) is 4.15. The Hall–Kier alpha value is -1.27. The van der Waals surface area contributed by atoms with Gasteiger partial charge in [0, 0.05) is 45.8 Å². The lowest BCUT2D eigenvalue weighted by molar-refractivity contribution is 0.303. The highest BCUT2D eigenvalue weighted by Gasteiger charge is 2.23. The van der Waals surface area contributed by atoms with Crippen LogP contribution in [0.25, 0.3) is 0 Å². The van der Waals surface area contributed by atoms with Crippen molar-refractivity contribution in [2.45, 2.75) is 18.9 Å². The van der Waals surface area contributed by atoms with E-state index in [-0.39, 0.29) is 0 Å². The van der Waals surface area contributed by atoms with Crippen LogP contribution in [0.15, 0.2) is 22.5 Å². The maximum atomic E-state index is 4.48. The predicted molar refractivity (Wildman–Crippen MR) is 95.1 cm³/mol. The van der Waals surface area contributed by atoms with E-state index in [2.05, 4.69) is 49.6 Å². The van der Waals surface area contributed by atoms with Gasteiger partial charge >= 0.3 is 0 Å². The molecule has 0 bridgehead atoms. The molecular formula is C16H27N5S. The maximum absolute atomic E-state index is 4.48. The molecule has 5 nitrogen and oxygen atoms in total. The second-order valence-corrected chi connectivity index (χ2v) is 7.06. The van der Waals surface area contributed by atoms with Gasteiger partial charge in [-0.3, -0.25) is 4.99 Å². The third kappa shape index (κ3) is 3.55. The van der Waals surface area contributed by atoms with Crippen LogP contribution in [-0.4, -0.2) is 75.2 Å². The van der Waals surface area contributed by atoms with Gasteiger partial charge in [-0.25, -0.2) is 0 Å². The Kier molecular flexibility index (Phi) is 5.20. The highest BCUT2D eigenvalue weighted by atomic mass is 32.1. The molecule has 1 aromatic rings. The Morgan fingerprint density at radius 2 is 2.14 bits per heavy atom. The lowest BCUT2D eigenvalue weighted by atomic mass is 10.2. The quantitative estimate of drug-likeness (QED) is 0.676. The molecule has 1 N–H and O–H groups in total. The Morgan fingerprint density at radius 1 is 1.32 bits per heavy atom. The van der Waals surface area contributed by atoms with Gasteiger partial charge in [-0.05, 0) is 43.9 Å². The number of hydrogen-bond acceptors (Lipinski definition) is 4. The molecule has 0 aliphatic carbocycles. The first-order chi connectivity index (χ1) is 10.8. The molecule has 122 valence electrons. The van der Waals surface area contributed by atoms with Crippen LogP contribution in [0.2, 0.25) is 0 Å². The minimum absolute atomic E-state index is 0.657. The first-order valence-electron chi connectivity index (χ1n) is 8.22. The monoisotopic (exact) mass is 321 g/mol. The number of guanidine groups is 1. The molecule has 2 fully saturated rings. The second kappa shape index (κ2) is 7.33. The first kappa shape index (κ1) is 15.6. The molecular weight excluding hydrogens is 294 g/mol. The molecule has 1 unspecified atom stereocenters. The zero-order valence-electron chi connectivity index (χ0n) is 13.7. The summed E-state index contributed by atoms with van der Waals surface area (Å²) in [6.45, 7) is 6.46. The molecule has 1 aromatic heterocycles. The molecule has 0 radical (unpaired) electrons. The van der Waals surface area contributed by atoms with E-state index in [4.69, 9.17) is 0 Å². The summed E-state index contributed by atoms with van der Waals surface area (Å²) in [4.78, 5) is 11.8. The Bertz CT molecular complexity index is 479. The average Bonchev–Trinajstić information content (AvgIpc) is 3.21. The van der Waals surface area contributed by atoms with Gasteiger partial charge in [-0.15, -0.1) is 11.3 Å². The van der Waals surface area contributed by atoms with Crippen LogP contribution < -0.4 is 10.2 Å². The number of likely N-dealkylation sites (tertiary alicyclic amines) is 1. The van der Waals surface area contributed by atoms with Crippen molar-refractivity contribution >= 4 is 22.3 Å². The van der Waals surface area contributed by atoms with E-state index in [0.29, 0.717) is 6.04 Å². The standard InChI is InChI=1S/C16H27N5S/c1-17-16(18-13-14-5-3-7-19(14)2)21-10-8-20(9-11-21)15-6-4-12-22-15/h4,6,12,14H,3,5,7-11,13H2,1-2H3,(H,17,18). The molecule has 0 saturated carbocycles. The number of likely N-dealkylation sites (N-methyl/N-ethyl adjacent to an activating group) is 1. The van der Waals surface area contributed by atoms with Crippen LogP contribution in [0.4, 0.5) is 5.00 Å². The zero-order chi connectivity index (χ0) is 15.4. The van der Waals surface area contributed by atoms with Crippen molar-refractivity contribution in [2.24, 2.45) is 4.99 Å². The van der Waals surface area contributed by atoms with Gasteiger partial charge in [0.25, 0.3) is 0 Å². The van der Waals surface area contributed by atoms with Crippen LogP contribution in [-0.2, 0) is 0 Å². The van der Waals surface area contributed by atoms with E-state index in [0.717, 1.165) is 38.7 Å². The summed E-state index contributed by atoms with van der Waals surface area (Å²) < 4.78 is 0. The molecule has 2 aliphatic heterocycles. The fraction of sp³-hybridized carbons (Fsp3) is 0.688. The van der Waals surface area contributed by atoms with E-state index in [1.807, 2.05) is 18.4 Å². The number of hydrogen-bond donors (Lipinski definition) is 1. The highest BCUT2D eigenvalue weighted by Crippen LogP contribution is 2.22. The molecule has 2 aliphatic rings. The lowest BCUT2D eigenvalue weighted by Crippen LogP contribution is -2.53. The minimum Gasteiger partial charge on any atom is -0.360 e. The van der Waals surface area contributed by atoms with Gasteiger partial charge in [0.2, 0.25) is 0 Å². The average molecular weight is 321 g/mol. The minimum atomic E-state index is 0.657. The van der Waals surface area contributed by atoms with Crippen molar-refractivity contribution in [3.05, 3.63) is 17.5 Å². The summed E-state index contributed by atoms with van der Waals surface area (Å²) in [5.74, 6) is 1.06. The lowest BCUT2D eigenvalue weighted by Gasteiger charge is -2.37. The molecule has 2 saturated heterocycles. The van der Waals surface area contributed by atoms with Gasteiger partial charge in [0.1, 0.15) is 0 Å². The van der Waals surface area contributed by atoms with Crippen molar-refractivity contribution < 1.29 is 0 Å². The van der Waals surface area contributed by atoms with E-state index in [9.17, 15) is 0 Å². The third-order valence-corrected chi connectivity index (χ3v) is 5.71. The van der Waals surface area contributed by atoms with Crippen molar-refractivity contribution in [3.8, 4) is 0 Å². The SMILES string of the molecule is CN=C(NCC1CCCN1C)N1CCN(c2cccs2)CC1. The maximum Gasteiger partial charge on any atom is 0.193 e. The number of aliphatic imine (C=N–C) groups is 1. The van der Waals surface area contributed by atoms with Gasteiger partial charge < -0.3 is 20.0 Å². The van der Waals surface area contributed by atoms with Crippen molar-refractivity contribution in [3.63, 3.8) is 0 Å². The molecule has 1 atom stereocenters. The Balaban J connectivity index is 1.48. The number of anilines is 1. The number of nitrogens with one attached hydrogen (secondary N) is 1. The predicted octanol–water partition coefficient (Wildman–Crippen LogP) is 1.54. The van der Waals surface area contributed by atoms with Crippen molar-refractivity contribution in [1.82, 2.24) is 15.1 Å². The third-order valence-electron chi connectivity index (χ3n) is 4.78. The van der Waals surface area contributed by atoms with Crippen molar-refractivity contribution in [2.75, 3.05) is 58.3 Å². The molecule has 3 heterocycles. The first-order valence-corrected chi connectivity index (χ1v) is 9.10. The highest BCUT2D eigenvalue weighted by molar-refractivity contribution is 7.14. The normalized spacial score (nSPS) is 24.1. The van der Waals surface area contributed by atoms with E-state index < -0.39 is 0 Å². The Labute approximate surface area is 137 Å². The largest absolute Gasteiger partial charge is 0.360 e. The molecule has 0 spiro atoms. The van der Waals surface area contributed by atoms with E-state index in [1.54, 1.807) is 0 Å². The fourth-order valence-electron chi connectivity index (χ4n) is 3.37. The summed E-state index contributed by atoms with van der Waals surface area (Å²) >= 11 is 1.83. The van der Waals surface area contributed by atoms with E-state index in [1.165, 1.54) is 24.4 Å². The topological polar surface area (TPSA) is 34.1 Å².